The Bertz CT molecular complexity index is 748. The Balaban J connectivity index is 1.34. The largest absolute Gasteiger partial charge is 0.494 e. The Morgan fingerprint density at radius 3 is 1.94 bits per heavy atom. The SMILES string of the molecule is CCCCCCCCCCCOc1ccc(-c2ncc(C3CCC(CCC)CC3)cn2)cc1. The molecule has 3 heteroatoms. The molecule has 0 bridgehead atoms. The van der Waals surface area contributed by atoms with Crippen LogP contribution in [-0.4, -0.2) is 16.6 Å². The number of aromatic nitrogens is 2. The third-order valence-electron chi connectivity index (χ3n) is 7.32. The summed E-state index contributed by atoms with van der Waals surface area (Å²) in [7, 11) is 0. The molecule has 1 aromatic heterocycles. The van der Waals surface area contributed by atoms with Crippen molar-refractivity contribution in [2.24, 2.45) is 5.92 Å². The minimum absolute atomic E-state index is 0.643. The summed E-state index contributed by atoms with van der Waals surface area (Å²) in [6.45, 7) is 5.38. The summed E-state index contributed by atoms with van der Waals surface area (Å²) in [6.07, 6.45) is 24.2. The minimum atomic E-state index is 0.643. The lowest BCUT2D eigenvalue weighted by Gasteiger charge is -2.28. The molecule has 0 atom stereocenters. The van der Waals surface area contributed by atoms with Crippen LogP contribution < -0.4 is 4.74 Å². The number of hydrogen-bond acceptors (Lipinski definition) is 3. The van der Waals surface area contributed by atoms with Gasteiger partial charge in [0.1, 0.15) is 5.75 Å². The first-order chi connectivity index (χ1) is 16.3. The van der Waals surface area contributed by atoms with Crippen LogP contribution in [0, 0.1) is 5.92 Å². The van der Waals surface area contributed by atoms with Crippen LogP contribution in [0.5, 0.6) is 5.75 Å². The van der Waals surface area contributed by atoms with E-state index in [1.807, 2.05) is 0 Å². The van der Waals surface area contributed by atoms with Crippen LogP contribution in [0.2, 0.25) is 0 Å². The average molecular weight is 451 g/mol. The Hall–Kier alpha value is -1.90. The van der Waals surface area contributed by atoms with Crippen molar-refractivity contribution in [2.75, 3.05) is 6.61 Å². The molecule has 1 aromatic carbocycles. The smallest absolute Gasteiger partial charge is 0.159 e. The van der Waals surface area contributed by atoms with Crippen molar-refractivity contribution in [3.05, 3.63) is 42.2 Å². The second-order valence-electron chi connectivity index (χ2n) is 10.0. The zero-order valence-electron chi connectivity index (χ0n) is 21.2. The highest BCUT2D eigenvalue weighted by Crippen LogP contribution is 2.37. The molecule has 1 saturated carbocycles. The summed E-state index contributed by atoms with van der Waals surface area (Å²) in [5.41, 5.74) is 2.37. The summed E-state index contributed by atoms with van der Waals surface area (Å²) in [6, 6.07) is 8.26. The highest BCUT2D eigenvalue weighted by atomic mass is 16.5. The Morgan fingerprint density at radius 2 is 1.33 bits per heavy atom. The molecule has 1 fully saturated rings. The van der Waals surface area contributed by atoms with Crippen molar-refractivity contribution >= 4 is 0 Å². The Morgan fingerprint density at radius 1 is 0.727 bits per heavy atom. The van der Waals surface area contributed by atoms with E-state index in [0.29, 0.717) is 5.92 Å². The molecule has 0 unspecified atom stereocenters. The van der Waals surface area contributed by atoms with Gasteiger partial charge in [-0.3, -0.25) is 0 Å². The van der Waals surface area contributed by atoms with Crippen LogP contribution in [0.1, 0.15) is 122 Å². The van der Waals surface area contributed by atoms with E-state index in [9.17, 15) is 0 Å². The third kappa shape index (κ3) is 9.10. The first-order valence-electron chi connectivity index (χ1n) is 13.8. The van der Waals surface area contributed by atoms with Gasteiger partial charge in [-0.05, 0) is 73.8 Å². The van der Waals surface area contributed by atoms with Crippen molar-refractivity contribution in [1.82, 2.24) is 9.97 Å². The molecule has 0 saturated heterocycles. The lowest BCUT2D eigenvalue weighted by atomic mass is 9.78. The van der Waals surface area contributed by atoms with Gasteiger partial charge in [-0.25, -0.2) is 9.97 Å². The molecule has 0 aliphatic heterocycles. The first-order valence-corrected chi connectivity index (χ1v) is 13.8. The van der Waals surface area contributed by atoms with Gasteiger partial charge in [0.2, 0.25) is 0 Å². The second-order valence-corrected chi connectivity index (χ2v) is 10.0. The Labute approximate surface area is 202 Å². The van der Waals surface area contributed by atoms with Crippen LogP contribution in [0.3, 0.4) is 0 Å². The van der Waals surface area contributed by atoms with Crippen LogP contribution in [-0.2, 0) is 0 Å². The fourth-order valence-corrected chi connectivity index (χ4v) is 5.19. The molecule has 2 aromatic rings. The summed E-state index contributed by atoms with van der Waals surface area (Å²) in [5.74, 6) is 3.33. The lowest BCUT2D eigenvalue weighted by Crippen LogP contribution is -2.13. The molecule has 1 aliphatic rings. The number of unbranched alkanes of at least 4 members (excludes halogenated alkanes) is 8. The molecule has 1 aliphatic carbocycles. The molecule has 33 heavy (non-hydrogen) atoms. The van der Waals surface area contributed by atoms with E-state index in [-0.39, 0.29) is 0 Å². The van der Waals surface area contributed by atoms with Gasteiger partial charge >= 0.3 is 0 Å². The molecule has 182 valence electrons. The summed E-state index contributed by atoms with van der Waals surface area (Å²) in [4.78, 5) is 9.37. The maximum absolute atomic E-state index is 5.94. The molecule has 0 amide bonds. The quantitative estimate of drug-likeness (QED) is 0.254. The summed E-state index contributed by atoms with van der Waals surface area (Å²) >= 11 is 0. The predicted octanol–water partition coefficient (Wildman–Crippen LogP) is 9.13. The fraction of sp³-hybridized carbons (Fsp3) is 0.667. The molecule has 1 heterocycles. The van der Waals surface area contributed by atoms with Gasteiger partial charge in [0, 0.05) is 18.0 Å². The van der Waals surface area contributed by atoms with Crippen molar-refractivity contribution in [2.45, 2.75) is 116 Å². The topological polar surface area (TPSA) is 35.0 Å². The van der Waals surface area contributed by atoms with Crippen molar-refractivity contribution in [3.63, 3.8) is 0 Å². The highest BCUT2D eigenvalue weighted by molar-refractivity contribution is 5.56. The average Bonchev–Trinajstić information content (AvgIpc) is 2.86. The number of benzene rings is 1. The van der Waals surface area contributed by atoms with E-state index < -0.39 is 0 Å². The monoisotopic (exact) mass is 450 g/mol. The summed E-state index contributed by atoms with van der Waals surface area (Å²) < 4.78 is 5.94. The first kappa shape index (κ1) is 25.7. The molecular weight excluding hydrogens is 404 g/mol. The number of nitrogens with zero attached hydrogens (tertiary/aromatic N) is 2. The third-order valence-corrected chi connectivity index (χ3v) is 7.32. The number of rotatable bonds is 15. The van der Waals surface area contributed by atoms with Gasteiger partial charge in [-0.1, -0.05) is 78.1 Å². The molecule has 3 rings (SSSR count). The normalized spacial score (nSPS) is 18.4. The number of ether oxygens (including phenoxy) is 1. The van der Waals surface area contributed by atoms with E-state index in [2.05, 4.69) is 60.5 Å². The van der Waals surface area contributed by atoms with E-state index >= 15 is 0 Å². The van der Waals surface area contributed by atoms with E-state index in [4.69, 9.17) is 4.74 Å². The number of hydrogen-bond donors (Lipinski definition) is 0. The predicted molar refractivity (Wildman–Crippen MR) is 140 cm³/mol. The maximum atomic E-state index is 5.94. The van der Waals surface area contributed by atoms with Gasteiger partial charge < -0.3 is 4.74 Å². The lowest BCUT2D eigenvalue weighted by molar-refractivity contribution is 0.304. The Kier molecular flexibility index (Phi) is 11.8. The van der Waals surface area contributed by atoms with Gasteiger partial charge in [0.15, 0.2) is 5.82 Å². The minimum Gasteiger partial charge on any atom is -0.494 e. The summed E-state index contributed by atoms with van der Waals surface area (Å²) in [5, 5.41) is 0. The van der Waals surface area contributed by atoms with E-state index in [1.54, 1.807) is 0 Å². The van der Waals surface area contributed by atoms with Crippen LogP contribution in [0.25, 0.3) is 11.4 Å². The van der Waals surface area contributed by atoms with Crippen molar-refractivity contribution < 1.29 is 4.74 Å². The second kappa shape index (κ2) is 15.1. The fourth-order valence-electron chi connectivity index (χ4n) is 5.19. The van der Waals surface area contributed by atoms with Crippen LogP contribution >= 0.6 is 0 Å². The van der Waals surface area contributed by atoms with Crippen LogP contribution in [0.15, 0.2) is 36.7 Å². The zero-order valence-corrected chi connectivity index (χ0v) is 21.2. The maximum Gasteiger partial charge on any atom is 0.159 e. The van der Waals surface area contributed by atoms with E-state index in [0.717, 1.165) is 36.1 Å². The van der Waals surface area contributed by atoms with Crippen molar-refractivity contribution in [3.8, 4) is 17.1 Å². The molecule has 0 spiro atoms. The molecule has 3 nitrogen and oxygen atoms in total. The molecular formula is C30H46N2O. The van der Waals surface area contributed by atoms with Gasteiger partial charge in [-0.2, -0.15) is 0 Å². The molecule has 0 N–H and O–H groups in total. The molecule has 0 radical (unpaired) electrons. The van der Waals surface area contributed by atoms with Gasteiger partial charge in [-0.15, -0.1) is 0 Å². The van der Waals surface area contributed by atoms with Crippen LogP contribution in [0.4, 0.5) is 0 Å². The van der Waals surface area contributed by atoms with E-state index in [1.165, 1.54) is 95.5 Å². The van der Waals surface area contributed by atoms with Gasteiger partial charge in [0.05, 0.1) is 6.61 Å². The zero-order chi connectivity index (χ0) is 23.1. The van der Waals surface area contributed by atoms with Gasteiger partial charge in [0.25, 0.3) is 0 Å². The standard InChI is InChI=1S/C30H46N2O/c1-3-5-6-7-8-9-10-11-12-22-33-29-20-18-27(19-21-29)30-31-23-28(24-32-30)26-16-14-25(13-4-2)15-17-26/h18-21,23-26H,3-17,22H2,1-2H3. The highest BCUT2D eigenvalue weighted by Gasteiger charge is 2.22. The van der Waals surface area contributed by atoms with Crippen molar-refractivity contribution in [1.29, 1.82) is 0 Å².